The molecule has 22 heavy (non-hydrogen) atoms. The molecule has 0 saturated heterocycles. The van der Waals surface area contributed by atoms with Crippen molar-refractivity contribution in [3.63, 3.8) is 0 Å². The van der Waals surface area contributed by atoms with E-state index in [2.05, 4.69) is 19.9 Å². The highest BCUT2D eigenvalue weighted by Gasteiger charge is 2.39. The van der Waals surface area contributed by atoms with Crippen LogP contribution in [0.4, 0.5) is 17.6 Å². The Bertz CT molecular complexity index is 814. The first-order valence-electron chi connectivity index (χ1n) is 5.99. The Hall–Kier alpha value is -2.55. The van der Waals surface area contributed by atoms with E-state index in [1.54, 1.807) is 0 Å². The second-order valence-electron chi connectivity index (χ2n) is 4.51. The van der Waals surface area contributed by atoms with Crippen LogP contribution in [0.25, 0.3) is 22.3 Å². The zero-order valence-electron chi connectivity index (χ0n) is 10.7. The van der Waals surface area contributed by atoms with E-state index in [0.29, 0.717) is 5.56 Å². The molecule has 1 unspecified atom stereocenters. The molecule has 1 atom stereocenters. The average molecular weight is 313 g/mol. The molecule has 1 aromatic carbocycles. The van der Waals surface area contributed by atoms with E-state index in [1.165, 1.54) is 12.1 Å². The molecule has 9 heteroatoms. The second kappa shape index (κ2) is 5.02. The van der Waals surface area contributed by atoms with Gasteiger partial charge in [-0.25, -0.2) is 9.02 Å². The molecule has 114 valence electrons. The number of aromatic nitrogens is 3. The van der Waals surface area contributed by atoms with Gasteiger partial charge in [-0.1, -0.05) is 6.07 Å². The third kappa shape index (κ3) is 2.50. The van der Waals surface area contributed by atoms with E-state index in [1.807, 2.05) is 0 Å². The topological polar surface area (TPSA) is 72.0 Å². The maximum Gasteiger partial charge on any atom is 0.418 e. The van der Waals surface area contributed by atoms with Gasteiger partial charge in [-0.15, -0.1) is 0 Å². The molecule has 0 radical (unpaired) electrons. The lowest BCUT2D eigenvalue weighted by molar-refractivity contribution is -0.206. The normalized spacial score (nSPS) is 13.5. The lowest BCUT2D eigenvalue weighted by Gasteiger charge is -2.14. The fourth-order valence-corrected chi connectivity index (χ4v) is 1.92. The average Bonchev–Trinajstić information content (AvgIpc) is 2.94. The van der Waals surface area contributed by atoms with E-state index < -0.39 is 23.7 Å². The molecule has 0 aliphatic heterocycles. The van der Waals surface area contributed by atoms with Crippen molar-refractivity contribution in [2.75, 3.05) is 0 Å². The van der Waals surface area contributed by atoms with Crippen molar-refractivity contribution in [2.24, 2.45) is 0 Å². The van der Waals surface area contributed by atoms with E-state index in [-0.39, 0.29) is 16.7 Å². The van der Waals surface area contributed by atoms with Gasteiger partial charge in [0.05, 0.1) is 5.69 Å². The number of nitrogens with zero attached hydrogens (tertiary/aromatic N) is 3. The second-order valence-corrected chi connectivity index (χ2v) is 4.51. The van der Waals surface area contributed by atoms with Crippen molar-refractivity contribution in [3.05, 3.63) is 41.8 Å². The van der Waals surface area contributed by atoms with Gasteiger partial charge < -0.3 is 5.11 Å². The van der Waals surface area contributed by atoms with Crippen molar-refractivity contribution in [1.82, 2.24) is 15.3 Å². The Labute approximate surface area is 120 Å². The maximum absolute atomic E-state index is 13.8. The zero-order chi connectivity index (χ0) is 15.9. The first kappa shape index (κ1) is 14.4. The fraction of sp³-hybridized carbons (Fsp3) is 0.154. The van der Waals surface area contributed by atoms with Gasteiger partial charge in [-0.2, -0.15) is 13.2 Å². The summed E-state index contributed by atoms with van der Waals surface area (Å²) in [6, 6.07) is 4.88. The number of rotatable bonds is 2. The van der Waals surface area contributed by atoms with E-state index in [9.17, 15) is 17.6 Å². The Morgan fingerprint density at radius 1 is 1.14 bits per heavy atom. The zero-order valence-corrected chi connectivity index (χ0v) is 10.7. The summed E-state index contributed by atoms with van der Waals surface area (Å²) >= 11 is 0. The molecule has 2 aromatic heterocycles. The summed E-state index contributed by atoms with van der Waals surface area (Å²) in [5.74, 6) is -0.685. The molecule has 3 aromatic rings. The molecular weight excluding hydrogens is 306 g/mol. The van der Waals surface area contributed by atoms with E-state index >= 15 is 0 Å². The van der Waals surface area contributed by atoms with E-state index in [0.717, 1.165) is 18.3 Å². The largest absolute Gasteiger partial charge is 0.418 e. The van der Waals surface area contributed by atoms with Crippen LogP contribution < -0.4 is 0 Å². The maximum atomic E-state index is 13.8. The number of pyridine rings is 1. The molecule has 0 amide bonds. The molecule has 0 spiro atoms. The highest BCUT2D eigenvalue weighted by molar-refractivity contribution is 5.80. The number of fused-ring (bicyclic) bond motifs is 1. The highest BCUT2D eigenvalue weighted by Crippen LogP contribution is 2.33. The third-order valence-electron chi connectivity index (χ3n) is 3.02. The Kier molecular flexibility index (Phi) is 3.28. The predicted molar refractivity (Wildman–Crippen MR) is 66.0 cm³/mol. The van der Waals surface area contributed by atoms with Gasteiger partial charge in [0, 0.05) is 17.3 Å². The van der Waals surface area contributed by atoms with Crippen LogP contribution in [0.1, 0.15) is 11.7 Å². The summed E-state index contributed by atoms with van der Waals surface area (Å²) in [6.45, 7) is 0. The number of benzene rings is 1. The fourth-order valence-electron chi connectivity index (χ4n) is 1.92. The van der Waals surface area contributed by atoms with Gasteiger partial charge >= 0.3 is 6.18 Å². The monoisotopic (exact) mass is 313 g/mol. The molecule has 0 bridgehead atoms. The summed E-state index contributed by atoms with van der Waals surface area (Å²) in [5.41, 5.74) is 0.237. The number of hydrogen-bond donors (Lipinski definition) is 1. The molecule has 1 N–H and O–H groups in total. The Morgan fingerprint density at radius 2 is 1.91 bits per heavy atom. The highest BCUT2D eigenvalue weighted by atomic mass is 19.4. The van der Waals surface area contributed by atoms with Crippen molar-refractivity contribution >= 4 is 11.0 Å². The SMILES string of the molecule is OC(c1ccc(-c2cc(F)c3nonc3c2)nc1)C(F)(F)F. The van der Waals surface area contributed by atoms with Crippen molar-refractivity contribution in [1.29, 1.82) is 0 Å². The van der Waals surface area contributed by atoms with Gasteiger partial charge in [-0.3, -0.25) is 4.98 Å². The van der Waals surface area contributed by atoms with Crippen LogP contribution in [0.2, 0.25) is 0 Å². The summed E-state index contributed by atoms with van der Waals surface area (Å²) in [5, 5.41) is 16.0. The molecule has 0 saturated carbocycles. The lowest BCUT2D eigenvalue weighted by Crippen LogP contribution is -2.20. The lowest BCUT2D eigenvalue weighted by atomic mass is 10.1. The van der Waals surface area contributed by atoms with Crippen LogP contribution in [-0.4, -0.2) is 26.6 Å². The summed E-state index contributed by atoms with van der Waals surface area (Å²) < 4.78 is 55.3. The van der Waals surface area contributed by atoms with Crippen LogP contribution in [-0.2, 0) is 0 Å². The number of hydrogen-bond acceptors (Lipinski definition) is 5. The molecule has 2 heterocycles. The molecule has 0 fully saturated rings. The minimum atomic E-state index is -4.78. The van der Waals surface area contributed by atoms with Gasteiger partial charge in [0.2, 0.25) is 0 Å². The minimum absolute atomic E-state index is 0.0483. The summed E-state index contributed by atoms with van der Waals surface area (Å²) in [4.78, 5) is 3.81. The molecule has 0 aliphatic carbocycles. The smallest absolute Gasteiger partial charge is 0.379 e. The molecule has 0 aliphatic rings. The van der Waals surface area contributed by atoms with Crippen LogP contribution in [0.5, 0.6) is 0 Å². The standard InChI is InChI=1S/C13H7F4N3O2/c14-8-3-7(4-10-11(8)20-22-19-10)9-2-1-6(5-18-9)12(21)13(15,16)17/h1-5,12,21H. The molecular formula is C13H7F4N3O2. The first-order chi connectivity index (χ1) is 10.4. The number of alkyl halides is 3. The van der Waals surface area contributed by atoms with Crippen LogP contribution in [0.3, 0.4) is 0 Å². The van der Waals surface area contributed by atoms with Crippen LogP contribution >= 0.6 is 0 Å². The summed E-state index contributed by atoms with van der Waals surface area (Å²) in [6.07, 6.45) is -6.51. The molecule has 5 nitrogen and oxygen atoms in total. The quantitative estimate of drug-likeness (QED) is 0.736. The number of aliphatic hydroxyl groups is 1. The van der Waals surface area contributed by atoms with Crippen molar-refractivity contribution < 1.29 is 27.3 Å². The summed E-state index contributed by atoms with van der Waals surface area (Å²) in [7, 11) is 0. The van der Waals surface area contributed by atoms with Crippen LogP contribution in [0.15, 0.2) is 35.1 Å². The third-order valence-corrected chi connectivity index (χ3v) is 3.02. The van der Waals surface area contributed by atoms with Crippen LogP contribution in [0, 0.1) is 5.82 Å². The number of halogens is 4. The van der Waals surface area contributed by atoms with Crippen molar-refractivity contribution in [2.45, 2.75) is 12.3 Å². The minimum Gasteiger partial charge on any atom is -0.379 e. The Morgan fingerprint density at radius 3 is 2.55 bits per heavy atom. The van der Waals surface area contributed by atoms with E-state index in [4.69, 9.17) is 5.11 Å². The number of aliphatic hydroxyl groups excluding tert-OH is 1. The molecule has 3 rings (SSSR count). The van der Waals surface area contributed by atoms with Crippen molar-refractivity contribution in [3.8, 4) is 11.3 Å². The first-order valence-corrected chi connectivity index (χ1v) is 5.99. The van der Waals surface area contributed by atoms with Gasteiger partial charge in [0.25, 0.3) is 0 Å². The predicted octanol–water partition coefficient (Wildman–Crippen LogP) is 3.02. The van der Waals surface area contributed by atoms with Gasteiger partial charge in [0.15, 0.2) is 17.4 Å². The van der Waals surface area contributed by atoms with Gasteiger partial charge in [-0.05, 0) is 28.5 Å². The Balaban J connectivity index is 1.98. The van der Waals surface area contributed by atoms with Gasteiger partial charge in [0.1, 0.15) is 5.52 Å².